The third kappa shape index (κ3) is 9.41. The van der Waals surface area contributed by atoms with Crippen molar-refractivity contribution in [1.29, 1.82) is 0 Å². The Balaban J connectivity index is 0.000000497. The Labute approximate surface area is 208 Å². The van der Waals surface area contributed by atoms with Gasteiger partial charge in [-0.05, 0) is 52.0 Å². The van der Waals surface area contributed by atoms with E-state index in [0.717, 1.165) is 22.8 Å². The summed E-state index contributed by atoms with van der Waals surface area (Å²) in [4.78, 5) is 0. The smallest absolute Gasteiger partial charge is 1.00 e. The average molecular weight is 544 g/mol. The summed E-state index contributed by atoms with van der Waals surface area (Å²) >= 11 is 5.47. The largest absolute Gasteiger partial charge is 2.00 e. The first-order valence-electron chi connectivity index (χ1n) is 9.02. The Morgan fingerprint density at radius 3 is 1.20 bits per heavy atom. The molecule has 4 nitrogen and oxygen atoms in total. The molecule has 2 aromatic carbocycles. The molecule has 0 unspecified atom stereocenters. The van der Waals surface area contributed by atoms with Gasteiger partial charge in [0, 0.05) is 16.9 Å². The predicted molar refractivity (Wildman–Crippen MR) is 122 cm³/mol. The molecule has 0 aliphatic rings. The van der Waals surface area contributed by atoms with E-state index in [1.165, 1.54) is 0 Å². The Bertz CT molecular complexity index is 811. The van der Waals surface area contributed by atoms with E-state index in [1.54, 1.807) is 0 Å². The van der Waals surface area contributed by atoms with Gasteiger partial charge in [-0.25, -0.2) is 0 Å². The molecule has 4 radical (unpaired) electrons. The maximum absolute atomic E-state index is 5.47. The van der Waals surface area contributed by atoms with E-state index in [4.69, 9.17) is 12.6 Å². The van der Waals surface area contributed by atoms with Gasteiger partial charge < -0.3 is 25.0 Å². The standard InChI is InChI=1S/C11H16N4S.2C6H5.ClH.Sn/c1-7-5-9(3)14(12-7)11(16)15-10(4)6-8(2)13-15;2*1-2-4-6-5-3-1;;/h5-6,11,16H,1-4H3;2*1-5H;1H;/q;;;;+2/p-2. The van der Waals surface area contributed by atoms with Gasteiger partial charge in [-0.3, -0.25) is 9.36 Å². The number of hydrogen-bond acceptors (Lipinski definition) is 3. The quantitative estimate of drug-likeness (QED) is 0.284. The molecule has 7 heteroatoms. The molecule has 0 atom stereocenters. The minimum atomic E-state index is -0.289. The molecular formula is C23H25ClN4SSn. The first kappa shape index (κ1) is 28.3. The van der Waals surface area contributed by atoms with E-state index in [2.05, 4.69) is 22.3 Å². The molecule has 154 valence electrons. The van der Waals surface area contributed by atoms with Crippen LogP contribution in [0.15, 0.2) is 72.8 Å². The molecular weight excluding hydrogens is 519 g/mol. The molecule has 0 amide bonds. The van der Waals surface area contributed by atoms with Crippen LogP contribution in [0.5, 0.6) is 0 Å². The molecule has 0 saturated heterocycles. The minimum Gasteiger partial charge on any atom is -1.00 e. The molecule has 0 spiro atoms. The number of aryl methyl sites for hydroxylation is 4. The van der Waals surface area contributed by atoms with Gasteiger partial charge in [0.2, 0.25) is 0 Å². The van der Waals surface area contributed by atoms with Crippen LogP contribution in [0.2, 0.25) is 0 Å². The fourth-order valence-corrected chi connectivity index (χ4v) is 2.95. The first-order chi connectivity index (χ1) is 13.5. The Morgan fingerprint density at radius 1 is 0.700 bits per heavy atom. The van der Waals surface area contributed by atoms with Crippen molar-refractivity contribution >= 4 is 36.5 Å². The van der Waals surface area contributed by atoms with Crippen LogP contribution < -0.4 is 12.4 Å². The van der Waals surface area contributed by atoms with E-state index >= 15 is 0 Å². The van der Waals surface area contributed by atoms with Crippen LogP contribution in [-0.4, -0.2) is 43.5 Å². The molecule has 0 aliphatic heterocycles. The van der Waals surface area contributed by atoms with Crippen LogP contribution in [0, 0.1) is 39.8 Å². The fourth-order valence-electron chi connectivity index (χ4n) is 2.53. The molecule has 0 bridgehead atoms. The summed E-state index contributed by atoms with van der Waals surface area (Å²) in [6.45, 7) is 7.94. The van der Waals surface area contributed by atoms with Gasteiger partial charge in [0.1, 0.15) is 0 Å². The third-order valence-electron chi connectivity index (χ3n) is 3.72. The van der Waals surface area contributed by atoms with Gasteiger partial charge in [-0.2, -0.15) is 10.2 Å². The van der Waals surface area contributed by atoms with Crippen molar-refractivity contribution in [3.8, 4) is 0 Å². The molecule has 0 N–H and O–H groups in total. The van der Waals surface area contributed by atoms with Gasteiger partial charge in [-0.1, -0.05) is 60.7 Å². The van der Waals surface area contributed by atoms with Gasteiger partial charge in [0.05, 0.1) is 11.4 Å². The number of nitrogens with zero attached hydrogens (tertiary/aromatic N) is 4. The van der Waals surface area contributed by atoms with Crippen LogP contribution in [-0.2, 0) is 12.6 Å². The number of aromatic nitrogens is 4. The van der Waals surface area contributed by atoms with Gasteiger partial charge >= 0.3 is 23.9 Å². The zero-order valence-electron chi connectivity index (χ0n) is 17.6. The molecule has 0 saturated carbocycles. The van der Waals surface area contributed by atoms with Crippen LogP contribution in [0.3, 0.4) is 0 Å². The topological polar surface area (TPSA) is 35.6 Å². The van der Waals surface area contributed by atoms with Crippen LogP contribution >= 0.6 is 0 Å². The van der Waals surface area contributed by atoms with E-state index in [-0.39, 0.29) is 41.8 Å². The summed E-state index contributed by atoms with van der Waals surface area (Å²) in [6, 6.07) is 29.0. The van der Waals surface area contributed by atoms with E-state index < -0.39 is 0 Å². The Hall–Kier alpha value is -1.70. The van der Waals surface area contributed by atoms with Crippen molar-refractivity contribution in [1.82, 2.24) is 19.6 Å². The molecule has 30 heavy (non-hydrogen) atoms. The van der Waals surface area contributed by atoms with Crippen LogP contribution in [0.25, 0.3) is 0 Å². The van der Waals surface area contributed by atoms with Crippen molar-refractivity contribution in [3.63, 3.8) is 0 Å². The number of halogens is 1. The van der Waals surface area contributed by atoms with Crippen molar-refractivity contribution in [2.24, 2.45) is 0 Å². The molecule has 4 aromatic rings. The SMILES string of the molecule is Cc1cc(C)n(C([S-])n2nc(C)cc2C)n1.[Cl-].[Sn+2].[c]1ccccc1.[c]1ccccc1. The predicted octanol–water partition coefficient (Wildman–Crippen LogP) is 1.46. The second-order valence-corrected chi connectivity index (χ2v) is 6.65. The van der Waals surface area contributed by atoms with Gasteiger partial charge in [0.15, 0.2) is 0 Å². The third-order valence-corrected chi connectivity index (χ3v) is 4.12. The van der Waals surface area contributed by atoms with E-state index in [9.17, 15) is 0 Å². The summed E-state index contributed by atoms with van der Waals surface area (Å²) in [5.74, 6) is 0. The van der Waals surface area contributed by atoms with Crippen molar-refractivity contribution < 1.29 is 12.4 Å². The summed E-state index contributed by atoms with van der Waals surface area (Å²) < 4.78 is 3.65. The summed E-state index contributed by atoms with van der Waals surface area (Å²) in [5.41, 5.74) is 3.79. The number of benzene rings is 2. The second-order valence-electron chi connectivity index (χ2n) is 6.22. The monoisotopic (exact) mass is 544 g/mol. The summed E-state index contributed by atoms with van der Waals surface area (Å²) in [7, 11) is 0. The Morgan fingerprint density at radius 2 is 1.03 bits per heavy atom. The number of hydrogen-bond donors (Lipinski definition) is 0. The maximum Gasteiger partial charge on any atom is 2.00 e. The van der Waals surface area contributed by atoms with Crippen molar-refractivity contribution in [3.05, 3.63) is 108 Å². The zero-order chi connectivity index (χ0) is 20.4. The zero-order valence-corrected chi connectivity index (χ0v) is 22.0. The van der Waals surface area contributed by atoms with Gasteiger partial charge in [0.25, 0.3) is 0 Å². The normalized spacial score (nSPS) is 9.27. The minimum absolute atomic E-state index is 0. The molecule has 2 aromatic heterocycles. The number of rotatable bonds is 2. The maximum atomic E-state index is 5.47. The first-order valence-corrected chi connectivity index (χ1v) is 9.49. The molecule has 4 rings (SSSR count). The van der Waals surface area contributed by atoms with Crippen molar-refractivity contribution in [2.45, 2.75) is 33.2 Å². The van der Waals surface area contributed by atoms with Gasteiger partial charge in [-0.15, -0.1) is 0 Å². The van der Waals surface area contributed by atoms with Crippen LogP contribution in [0.4, 0.5) is 0 Å². The van der Waals surface area contributed by atoms with Crippen LogP contribution in [0.1, 0.15) is 28.3 Å². The second kappa shape index (κ2) is 15.2. The summed E-state index contributed by atoms with van der Waals surface area (Å²) in [6.07, 6.45) is 0. The molecule has 0 aliphatic carbocycles. The average Bonchev–Trinajstić information content (AvgIpc) is 3.25. The van der Waals surface area contributed by atoms with Crippen molar-refractivity contribution in [2.75, 3.05) is 0 Å². The summed E-state index contributed by atoms with van der Waals surface area (Å²) in [5, 5.41) is 8.78. The van der Waals surface area contributed by atoms with E-state index in [1.807, 2.05) is 110 Å². The molecule has 0 fully saturated rings. The fraction of sp³-hybridized carbons (Fsp3) is 0.217. The van der Waals surface area contributed by atoms with E-state index in [0.29, 0.717) is 0 Å². The molecule has 2 heterocycles. The Kier molecular flexibility index (Phi) is 14.3.